The molecule has 4 heteroatoms. The summed E-state index contributed by atoms with van der Waals surface area (Å²) in [5.41, 5.74) is 0.582. The first kappa shape index (κ1) is 13.7. The molecule has 1 aliphatic heterocycles. The van der Waals surface area contributed by atoms with Crippen molar-refractivity contribution in [2.75, 3.05) is 20.2 Å². The molecule has 1 N–H and O–H groups in total. The first-order chi connectivity index (χ1) is 9.24. The summed E-state index contributed by atoms with van der Waals surface area (Å²) in [6, 6.07) is 7.39. The topological polar surface area (TPSA) is 54.3 Å². The van der Waals surface area contributed by atoms with Crippen molar-refractivity contribution >= 4 is 0 Å². The second kappa shape index (κ2) is 6.44. The number of hydrogen-bond acceptors (Lipinski definition) is 4. The average Bonchev–Trinajstić information content (AvgIpc) is 2.48. The van der Waals surface area contributed by atoms with Crippen molar-refractivity contribution in [1.82, 2.24) is 5.32 Å². The smallest absolute Gasteiger partial charge is 0.162 e. The number of ether oxygens (including phenoxy) is 2. The van der Waals surface area contributed by atoms with Crippen LogP contribution in [0, 0.1) is 17.2 Å². The monoisotopic (exact) mass is 260 g/mol. The fourth-order valence-corrected chi connectivity index (χ4v) is 2.44. The zero-order valence-electron chi connectivity index (χ0n) is 11.5. The summed E-state index contributed by atoms with van der Waals surface area (Å²) in [7, 11) is 1.60. The molecule has 4 nitrogen and oxygen atoms in total. The first-order valence-electron chi connectivity index (χ1n) is 6.70. The molecule has 0 bridgehead atoms. The molecule has 1 unspecified atom stereocenters. The van der Waals surface area contributed by atoms with Crippen LogP contribution in [0.5, 0.6) is 11.5 Å². The van der Waals surface area contributed by atoms with Crippen LogP contribution in [-0.4, -0.2) is 26.3 Å². The molecule has 0 aliphatic carbocycles. The first-order valence-corrected chi connectivity index (χ1v) is 6.70. The van der Waals surface area contributed by atoms with Crippen molar-refractivity contribution < 1.29 is 9.47 Å². The van der Waals surface area contributed by atoms with Crippen LogP contribution >= 0.6 is 0 Å². The SMILES string of the molecule is COc1cc(C#N)ccc1OC(C)C1CCNCC1. The molecule has 1 aromatic carbocycles. The fourth-order valence-electron chi connectivity index (χ4n) is 2.44. The highest BCUT2D eigenvalue weighted by Crippen LogP contribution is 2.31. The Hall–Kier alpha value is -1.73. The number of methoxy groups -OCH3 is 1. The second-order valence-corrected chi connectivity index (χ2v) is 4.89. The fraction of sp³-hybridized carbons (Fsp3) is 0.533. The van der Waals surface area contributed by atoms with Crippen molar-refractivity contribution in [3.05, 3.63) is 23.8 Å². The van der Waals surface area contributed by atoms with Gasteiger partial charge in [0.2, 0.25) is 0 Å². The van der Waals surface area contributed by atoms with Gasteiger partial charge in [-0.05, 0) is 50.9 Å². The molecule has 1 aromatic rings. The molecule has 1 heterocycles. The van der Waals surface area contributed by atoms with Crippen LogP contribution in [0.25, 0.3) is 0 Å². The van der Waals surface area contributed by atoms with E-state index in [4.69, 9.17) is 14.7 Å². The van der Waals surface area contributed by atoms with E-state index in [0.29, 0.717) is 23.0 Å². The zero-order valence-corrected chi connectivity index (χ0v) is 11.5. The summed E-state index contributed by atoms with van der Waals surface area (Å²) >= 11 is 0. The van der Waals surface area contributed by atoms with Gasteiger partial charge in [-0.15, -0.1) is 0 Å². The number of piperidine rings is 1. The Morgan fingerprint density at radius 3 is 2.68 bits per heavy atom. The van der Waals surface area contributed by atoms with Crippen LogP contribution in [0.15, 0.2) is 18.2 Å². The van der Waals surface area contributed by atoms with Crippen LogP contribution in [0.1, 0.15) is 25.3 Å². The van der Waals surface area contributed by atoms with E-state index >= 15 is 0 Å². The minimum absolute atomic E-state index is 0.156. The van der Waals surface area contributed by atoms with Crippen LogP contribution in [0.2, 0.25) is 0 Å². The summed E-state index contributed by atoms with van der Waals surface area (Å²) in [6.45, 7) is 4.22. The third-order valence-corrected chi connectivity index (χ3v) is 3.65. The number of nitrogens with one attached hydrogen (secondary N) is 1. The lowest BCUT2D eigenvalue weighted by atomic mass is 9.93. The third-order valence-electron chi connectivity index (χ3n) is 3.65. The molecule has 0 saturated carbocycles. The number of hydrogen-bond donors (Lipinski definition) is 1. The van der Waals surface area contributed by atoms with Crippen molar-refractivity contribution in [2.24, 2.45) is 5.92 Å². The normalized spacial score (nSPS) is 17.5. The van der Waals surface area contributed by atoms with Crippen molar-refractivity contribution in [2.45, 2.75) is 25.9 Å². The highest BCUT2D eigenvalue weighted by atomic mass is 16.5. The van der Waals surface area contributed by atoms with Crippen LogP contribution in [0.4, 0.5) is 0 Å². The largest absolute Gasteiger partial charge is 0.493 e. The quantitative estimate of drug-likeness (QED) is 0.902. The molecule has 0 amide bonds. The molecule has 0 spiro atoms. The van der Waals surface area contributed by atoms with E-state index in [1.807, 2.05) is 6.07 Å². The predicted octanol–water partition coefficient (Wildman–Crippen LogP) is 2.33. The summed E-state index contributed by atoms with van der Waals surface area (Å²) in [6.07, 6.45) is 2.43. The van der Waals surface area contributed by atoms with E-state index in [2.05, 4.69) is 18.3 Å². The lowest BCUT2D eigenvalue weighted by molar-refractivity contribution is 0.124. The number of rotatable bonds is 4. The van der Waals surface area contributed by atoms with Crippen molar-refractivity contribution in [3.8, 4) is 17.6 Å². The van der Waals surface area contributed by atoms with Gasteiger partial charge in [-0.25, -0.2) is 0 Å². The lowest BCUT2D eigenvalue weighted by Crippen LogP contribution is -2.35. The van der Waals surface area contributed by atoms with E-state index in [-0.39, 0.29) is 6.10 Å². The third kappa shape index (κ3) is 3.39. The van der Waals surface area contributed by atoms with E-state index in [1.54, 1.807) is 19.2 Å². The summed E-state index contributed by atoms with van der Waals surface area (Å²) in [4.78, 5) is 0. The van der Waals surface area contributed by atoms with E-state index < -0.39 is 0 Å². The standard InChI is InChI=1S/C15H20N2O2/c1-11(13-5-7-17-8-6-13)19-14-4-3-12(10-16)9-15(14)18-2/h3-4,9,11,13,17H,5-8H2,1-2H3. The maximum Gasteiger partial charge on any atom is 0.162 e. The highest BCUT2D eigenvalue weighted by Gasteiger charge is 2.22. The average molecular weight is 260 g/mol. The van der Waals surface area contributed by atoms with Crippen LogP contribution in [0.3, 0.4) is 0 Å². The van der Waals surface area contributed by atoms with E-state index in [0.717, 1.165) is 25.9 Å². The van der Waals surface area contributed by atoms with Gasteiger partial charge in [-0.1, -0.05) is 0 Å². The number of benzene rings is 1. The Balaban J connectivity index is 2.07. The van der Waals surface area contributed by atoms with Gasteiger partial charge in [0.15, 0.2) is 11.5 Å². The molecule has 1 atom stereocenters. The van der Waals surface area contributed by atoms with Gasteiger partial charge in [0.1, 0.15) is 0 Å². The maximum absolute atomic E-state index is 8.88. The lowest BCUT2D eigenvalue weighted by Gasteiger charge is -2.29. The molecule has 0 aromatic heterocycles. The Morgan fingerprint density at radius 1 is 1.32 bits per heavy atom. The van der Waals surface area contributed by atoms with Crippen molar-refractivity contribution in [1.29, 1.82) is 5.26 Å². The molecule has 1 aliphatic rings. The molecule has 1 saturated heterocycles. The van der Waals surface area contributed by atoms with E-state index in [1.165, 1.54) is 0 Å². The van der Waals surface area contributed by atoms with Gasteiger partial charge >= 0.3 is 0 Å². The molecule has 2 rings (SSSR count). The molecule has 0 radical (unpaired) electrons. The van der Waals surface area contributed by atoms with Gasteiger partial charge in [-0.2, -0.15) is 5.26 Å². The summed E-state index contributed by atoms with van der Waals surface area (Å²) < 4.78 is 11.3. The van der Waals surface area contributed by atoms with Gasteiger partial charge in [0.25, 0.3) is 0 Å². The minimum atomic E-state index is 0.156. The number of nitriles is 1. The van der Waals surface area contributed by atoms with Crippen molar-refractivity contribution in [3.63, 3.8) is 0 Å². The Labute approximate surface area is 114 Å². The van der Waals surface area contributed by atoms with E-state index in [9.17, 15) is 0 Å². The van der Waals surface area contributed by atoms with Gasteiger partial charge in [-0.3, -0.25) is 0 Å². The minimum Gasteiger partial charge on any atom is -0.493 e. The summed E-state index contributed by atoms with van der Waals surface area (Å²) in [5, 5.41) is 12.2. The Bertz CT molecular complexity index is 462. The molecule has 19 heavy (non-hydrogen) atoms. The molecule has 102 valence electrons. The van der Waals surface area contributed by atoms with Crippen LogP contribution < -0.4 is 14.8 Å². The molecular formula is C15H20N2O2. The molecular weight excluding hydrogens is 240 g/mol. The van der Waals surface area contributed by atoms with Gasteiger partial charge in [0.05, 0.1) is 24.8 Å². The molecule has 1 fully saturated rings. The number of nitrogens with zero attached hydrogens (tertiary/aromatic N) is 1. The maximum atomic E-state index is 8.88. The van der Waals surface area contributed by atoms with Gasteiger partial charge in [0, 0.05) is 6.07 Å². The summed E-state index contributed by atoms with van der Waals surface area (Å²) in [5.74, 6) is 1.91. The Kier molecular flexibility index (Phi) is 4.64. The Morgan fingerprint density at radius 2 is 2.05 bits per heavy atom. The highest BCUT2D eigenvalue weighted by molar-refractivity contribution is 5.46. The second-order valence-electron chi connectivity index (χ2n) is 4.89. The zero-order chi connectivity index (χ0) is 13.7. The van der Waals surface area contributed by atoms with Gasteiger partial charge < -0.3 is 14.8 Å². The predicted molar refractivity (Wildman–Crippen MR) is 73.4 cm³/mol. The van der Waals surface area contributed by atoms with Crippen LogP contribution in [-0.2, 0) is 0 Å².